The summed E-state index contributed by atoms with van der Waals surface area (Å²) in [4.78, 5) is 3.88. The van der Waals surface area contributed by atoms with E-state index in [4.69, 9.17) is 0 Å². The van der Waals surface area contributed by atoms with E-state index < -0.39 is 17.2 Å². The second-order valence-corrected chi connectivity index (χ2v) is 7.64. The average Bonchev–Trinajstić information content (AvgIpc) is 3.36. The highest BCUT2D eigenvalue weighted by Crippen LogP contribution is 2.30. The largest absolute Gasteiger partial charge is 0.383 e. The molecular weight excluding hydrogens is 390 g/mol. The lowest BCUT2D eigenvalue weighted by molar-refractivity contribution is 0.00974. The molecule has 2 aromatic heterocycles. The quantitative estimate of drug-likeness (QED) is 0.454. The summed E-state index contributed by atoms with van der Waals surface area (Å²) < 4.78 is 31.2. The summed E-state index contributed by atoms with van der Waals surface area (Å²) in [6.07, 6.45) is 11.3. The average molecular weight is 418 g/mol. The zero-order valence-electron chi connectivity index (χ0n) is 17.2. The van der Waals surface area contributed by atoms with Gasteiger partial charge in [-0.3, -0.25) is 0 Å². The Labute approximate surface area is 174 Å². The lowest BCUT2D eigenvalue weighted by atomic mass is 9.88. The Morgan fingerprint density at radius 1 is 1.10 bits per heavy atom. The third-order valence-electron chi connectivity index (χ3n) is 5.22. The first-order chi connectivity index (χ1) is 14.5. The first-order valence-electron chi connectivity index (χ1n) is 10.4. The number of rotatable bonds is 12. The predicted molar refractivity (Wildman–Crippen MR) is 107 cm³/mol. The zero-order valence-corrected chi connectivity index (χ0v) is 17.2. The first kappa shape index (κ1) is 22.0. The van der Waals surface area contributed by atoms with E-state index in [9.17, 15) is 13.9 Å². The van der Waals surface area contributed by atoms with Gasteiger partial charge in [-0.15, -0.1) is 5.10 Å². The molecule has 3 aromatic rings. The molecule has 1 aromatic carbocycles. The van der Waals surface area contributed by atoms with Gasteiger partial charge in [0.25, 0.3) is 0 Å². The molecule has 0 aliphatic carbocycles. The lowest BCUT2D eigenvalue weighted by Gasteiger charge is -2.29. The number of hydrogen-bond acceptors (Lipinski definition) is 5. The maximum Gasteiger partial charge on any atom is 0.137 e. The van der Waals surface area contributed by atoms with Gasteiger partial charge in [-0.1, -0.05) is 50.3 Å². The summed E-state index contributed by atoms with van der Waals surface area (Å²) in [5.41, 5.74) is -1.01. The maximum atomic E-state index is 14.6. The van der Waals surface area contributed by atoms with Gasteiger partial charge in [0.1, 0.15) is 29.9 Å². The minimum absolute atomic E-state index is 0.00767. The zero-order chi connectivity index (χ0) is 21.4. The van der Waals surface area contributed by atoms with Gasteiger partial charge < -0.3 is 5.11 Å². The monoisotopic (exact) mass is 418 g/mol. The van der Waals surface area contributed by atoms with Crippen molar-refractivity contribution in [3.63, 3.8) is 0 Å². The second-order valence-electron chi connectivity index (χ2n) is 7.64. The number of unbranched alkanes of at least 4 members (excludes halogenated alkanes) is 5. The van der Waals surface area contributed by atoms with Gasteiger partial charge in [-0.25, -0.2) is 23.1 Å². The lowest BCUT2D eigenvalue weighted by Crippen LogP contribution is -2.36. The van der Waals surface area contributed by atoms with E-state index in [1.807, 2.05) is 0 Å². The number of nitrogens with zero attached hydrogens (tertiary/aromatic N) is 6. The predicted octanol–water partition coefficient (Wildman–Crippen LogP) is 3.64. The fraction of sp³-hybridized carbons (Fsp3) is 0.524. The molecule has 1 unspecified atom stereocenters. The fourth-order valence-corrected chi connectivity index (χ4v) is 3.63. The van der Waals surface area contributed by atoms with Gasteiger partial charge >= 0.3 is 0 Å². The normalized spacial score (nSPS) is 13.5. The summed E-state index contributed by atoms with van der Waals surface area (Å²) in [6.45, 7) is 2.82. The molecule has 162 valence electrons. The van der Waals surface area contributed by atoms with Crippen LogP contribution in [0.5, 0.6) is 0 Å². The topological polar surface area (TPSA) is 81.6 Å². The molecular formula is C21H28F2N6O. The molecule has 0 amide bonds. The third-order valence-corrected chi connectivity index (χ3v) is 5.22. The number of aliphatic hydroxyl groups is 1. The minimum Gasteiger partial charge on any atom is -0.383 e. The molecule has 2 heterocycles. The van der Waals surface area contributed by atoms with Crippen molar-refractivity contribution in [2.24, 2.45) is 0 Å². The maximum absolute atomic E-state index is 14.6. The van der Waals surface area contributed by atoms with Crippen LogP contribution in [0, 0.1) is 11.6 Å². The van der Waals surface area contributed by atoms with E-state index in [2.05, 4.69) is 27.3 Å². The van der Waals surface area contributed by atoms with Gasteiger partial charge in [0, 0.05) is 24.6 Å². The van der Waals surface area contributed by atoms with Gasteiger partial charge in [0.05, 0.1) is 18.4 Å². The molecule has 0 saturated heterocycles. The van der Waals surface area contributed by atoms with E-state index in [0.717, 1.165) is 25.0 Å². The van der Waals surface area contributed by atoms with Crippen LogP contribution in [-0.4, -0.2) is 34.9 Å². The molecule has 0 fully saturated rings. The van der Waals surface area contributed by atoms with Crippen LogP contribution in [-0.2, 0) is 25.1 Å². The number of benzene rings is 1. The van der Waals surface area contributed by atoms with E-state index in [0.29, 0.717) is 12.2 Å². The molecule has 0 bridgehead atoms. The Balaban J connectivity index is 1.76. The molecule has 1 N–H and O–H groups in total. The smallest absolute Gasteiger partial charge is 0.137 e. The molecule has 3 rings (SSSR count). The number of halogens is 2. The SMILES string of the molecule is CCCCCCCCn1nncc1CC(O)(Cn1cncn1)c1ccc(F)cc1F. The van der Waals surface area contributed by atoms with Gasteiger partial charge in [0.2, 0.25) is 0 Å². The van der Waals surface area contributed by atoms with Crippen LogP contribution in [0.1, 0.15) is 56.7 Å². The highest BCUT2D eigenvalue weighted by molar-refractivity contribution is 5.27. The van der Waals surface area contributed by atoms with Gasteiger partial charge in [-0.2, -0.15) is 5.10 Å². The van der Waals surface area contributed by atoms with Gasteiger partial charge in [-0.05, 0) is 12.5 Å². The van der Waals surface area contributed by atoms with Gasteiger partial charge in [0.15, 0.2) is 0 Å². The highest BCUT2D eigenvalue weighted by Gasteiger charge is 2.35. The van der Waals surface area contributed by atoms with Crippen LogP contribution in [0.25, 0.3) is 0 Å². The molecule has 0 radical (unpaired) electrons. The van der Waals surface area contributed by atoms with Crippen LogP contribution < -0.4 is 0 Å². The summed E-state index contributed by atoms with van der Waals surface area (Å²) in [7, 11) is 0. The Morgan fingerprint density at radius 2 is 1.90 bits per heavy atom. The van der Waals surface area contributed by atoms with Crippen LogP contribution in [0.4, 0.5) is 8.78 Å². The van der Waals surface area contributed by atoms with Crippen molar-refractivity contribution in [1.29, 1.82) is 0 Å². The molecule has 0 spiro atoms. The molecule has 0 aliphatic heterocycles. The Kier molecular flexibility index (Phi) is 7.62. The number of hydrogen-bond donors (Lipinski definition) is 1. The van der Waals surface area contributed by atoms with Crippen molar-refractivity contribution in [2.75, 3.05) is 0 Å². The van der Waals surface area contributed by atoms with E-state index >= 15 is 0 Å². The fourth-order valence-electron chi connectivity index (χ4n) is 3.63. The molecule has 0 saturated carbocycles. The summed E-state index contributed by atoms with van der Waals surface area (Å²) >= 11 is 0. The Bertz CT molecular complexity index is 914. The van der Waals surface area contributed by atoms with Crippen molar-refractivity contribution < 1.29 is 13.9 Å². The van der Waals surface area contributed by atoms with Crippen molar-refractivity contribution in [1.82, 2.24) is 29.8 Å². The summed E-state index contributed by atoms with van der Waals surface area (Å²) in [6, 6.07) is 3.17. The third kappa shape index (κ3) is 5.69. The minimum atomic E-state index is -1.67. The van der Waals surface area contributed by atoms with Crippen molar-refractivity contribution in [3.8, 4) is 0 Å². The molecule has 30 heavy (non-hydrogen) atoms. The summed E-state index contributed by atoms with van der Waals surface area (Å²) in [5, 5.41) is 23.6. The Morgan fingerprint density at radius 3 is 2.63 bits per heavy atom. The summed E-state index contributed by atoms with van der Waals surface area (Å²) in [5.74, 6) is -1.51. The van der Waals surface area contributed by atoms with E-state index in [-0.39, 0.29) is 18.5 Å². The van der Waals surface area contributed by atoms with E-state index in [1.54, 1.807) is 10.9 Å². The van der Waals surface area contributed by atoms with Crippen LogP contribution in [0.2, 0.25) is 0 Å². The van der Waals surface area contributed by atoms with E-state index in [1.165, 1.54) is 49.1 Å². The Hall–Kier alpha value is -2.68. The number of aryl methyl sites for hydroxylation is 1. The number of aromatic nitrogens is 6. The van der Waals surface area contributed by atoms with Crippen LogP contribution in [0.3, 0.4) is 0 Å². The second kappa shape index (κ2) is 10.4. The molecule has 7 nitrogen and oxygen atoms in total. The van der Waals surface area contributed by atoms with Crippen LogP contribution >= 0.6 is 0 Å². The molecule has 0 aliphatic rings. The van der Waals surface area contributed by atoms with Crippen molar-refractivity contribution in [3.05, 3.63) is 59.9 Å². The highest BCUT2D eigenvalue weighted by atomic mass is 19.1. The standard InChI is InChI=1S/C21H28F2N6O/c1-2-3-4-5-6-7-10-29-18(13-25-27-29)12-21(30,14-28-16-24-15-26-28)19-9-8-17(22)11-20(19)23/h8-9,11,13,15-16,30H,2-7,10,12,14H2,1H3. The first-order valence-corrected chi connectivity index (χ1v) is 10.4. The molecule has 9 heteroatoms. The van der Waals surface area contributed by atoms with Crippen LogP contribution in [0.15, 0.2) is 37.1 Å². The van der Waals surface area contributed by atoms with Crippen molar-refractivity contribution >= 4 is 0 Å². The molecule has 1 atom stereocenters. The van der Waals surface area contributed by atoms with Crippen molar-refractivity contribution in [2.45, 2.75) is 70.6 Å².